The first kappa shape index (κ1) is 17.5. The van der Waals surface area contributed by atoms with Crippen LogP contribution in [0.1, 0.15) is 11.1 Å². The van der Waals surface area contributed by atoms with Gasteiger partial charge in [-0.25, -0.2) is 0 Å². The van der Waals surface area contributed by atoms with Crippen LogP contribution in [0.2, 0.25) is 0 Å². The topological polar surface area (TPSA) is 63.6 Å². The molecular weight excluding hydrogens is 384 g/mol. The largest absolute Gasteiger partial charge is 0.505 e. The summed E-state index contributed by atoms with van der Waals surface area (Å²) in [4.78, 5) is 4.27. The van der Waals surface area contributed by atoms with E-state index in [2.05, 4.69) is 26.2 Å². The molecule has 0 saturated heterocycles. The van der Waals surface area contributed by atoms with Gasteiger partial charge < -0.3 is 19.9 Å². The molecule has 0 bridgehead atoms. The Morgan fingerprint density at radius 3 is 2.64 bits per heavy atom. The summed E-state index contributed by atoms with van der Waals surface area (Å²) >= 11 is 3.54. The van der Waals surface area contributed by atoms with Crippen LogP contribution in [0.5, 0.6) is 17.2 Å². The van der Waals surface area contributed by atoms with Crippen molar-refractivity contribution in [2.45, 2.75) is 13.1 Å². The molecule has 0 amide bonds. The number of nitrogens with one attached hydrogen (secondary N) is 1. The second-order valence-corrected chi connectivity index (χ2v) is 6.40. The van der Waals surface area contributed by atoms with Crippen molar-refractivity contribution in [2.75, 3.05) is 14.2 Å². The second kappa shape index (κ2) is 7.72. The lowest BCUT2D eigenvalue weighted by atomic mass is 10.1. The molecule has 130 valence electrons. The second-order valence-electron chi connectivity index (χ2n) is 5.55. The molecule has 0 radical (unpaired) electrons. The fourth-order valence-corrected chi connectivity index (χ4v) is 3.30. The molecule has 0 unspecified atom stereocenters. The molecule has 2 aromatic carbocycles. The third kappa shape index (κ3) is 3.70. The van der Waals surface area contributed by atoms with E-state index in [1.165, 1.54) is 0 Å². The Morgan fingerprint density at radius 2 is 1.88 bits per heavy atom. The maximum atomic E-state index is 10.5. The van der Waals surface area contributed by atoms with Gasteiger partial charge in [0.25, 0.3) is 0 Å². The van der Waals surface area contributed by atoms with E-state index in [-0.39, 0.29) is 5.75 Å². The quantitative estimate of drug-likeness (QED) is 0.651. The molecule has 0 fully saturated rings. The minimum Gasteiger partial charge on any atom is -0.505 e. The highest BCUT2D eigenvalue weighted by Crippen LogP contribution is 2.33. The molecule has 25 heavy (non-hydrogen) atoms. The Morgan fingerprint density at radius 1 is 1.08 bits per heavy atom. The van der Waals surface area contributed by atoms with Crippen LogP contribution in [-0.2, 0) is 13.1 Å². The van der Waals surface area contributed by atoms with E-state index in [4.69, 9.17) is 9.47 Å². The summed E-state index contributed by atoms with van der Waals surface area (Å²) in [6.45, 7) is 1.11. The molecule has 0 aliphatic heterocycles. The first-order valence-corrected chi connectivity index (χ1v) is 8.60. The van der Waals surface area contributed by atoms with Crippen molar-refractivity contribution in [3.63, 3.8) is 0 Å². The summed E-state index contributed by atoms with van der Waals surface area (Å²) in [6, 6.07) is 11.4. The van der Waals surface area contributed by atoms with Gasteiger partial charge in [0.15, 0.2) is 0 Å². The average Bonchev–Trinajstić information content (AvgIpc) is 2.65. The molecule has 3 rings (SSSR count). The van der Waals surface area contributed by atoms with Crippen LogP contribution in [0.25, 0.3) is 10.9 Å². The number of fused-ring (bicyclic) bond motifs is 1. The fraction of sp³-hybridized carbons (Fsp3) is 0.211. The lowest BCUT2D eigenvalue weighted by Crippen LogP contribution is -2.13. The molecule has 0 atom stereocenters. The number of hydrogen-bond donors (Lipinski definition) is 2. The monoisotopic (exact) mass is 402 g/mol. The van der Waals surface area contributed by atoms with Gasteiger partial charge in [-0.15, -0.1) is 0 Å². The van der Waals surface area contributed by atoms with Crippen LogP contribution in [0.3, 0.4) is 0 Å². The first-order valence-electron chi connectivity index (χ1n) is 7.80. The fourth-order valence-electron chi connectivity index (χ4n) is 2.70. The van der Waals surface area contributed by atoms with Crippen molar-refractivity contribution in [3.8, 4) is 17.2 Å². The molecule has 1 aromatic heterocycles. The van der Waals surface area contributed by atoms with Crippen LogP contribution >= 0.6 is 15.9 Å². The van der Waals surface area contributed by atoms with Gasteiger partial charge in [-0.3, -0.25) is 4.98 Å². The summed E-state index contributed by atoms with van der Waals surface area (Å²) in [7, 11) is 3.26. The molecule has 0 aliphatic carbocycles. The molecule has 5 nitrogen and oxygen atoms in total. The number of phenols is 1. The molecular formula is C19H19BrN2O3. The minimum atomic E-state index is 0.202. The molecule has 0 spiro atoms. The Kier molecular flexibility index (Phi) is 5.40. The highest BCUT2D eigenvalue weighted by Gasteiger charge is 2.11. The van der Waals surface area contributed by atoms with Gasteiger partial charge >= 0.3 is 0 Å². The van der Waals surface area contributed by atoms with E-state index in [0.717, 1.165) is 32.5 Å². The standard InChI is InChI=1S/C19H19BrN2O3/c1-24-14-6-5-12(17(9-14)25-2)10-21-11-13-8-16(20)15-4-3-7-22-18(15)19(13)23/h3-9,21,23H,10-11H2,1-2H3. The zero-order valence-electron chi connectivity index (χ0n) is 14.0. The van der Waals surface area contributed by atoms with Gasteiger partial charge in [-0.2, -0.15) is 0 Å². The first-order chi connectivity index (χ1) is 12.1. The van der Waals surface area contributed by atoms with Crippen molar-refractivity contribution >= 4 is 26.8 Å². The van der Waals surface area contributed by atoms with Crippen LogP contribution in [0.4, 0.5) is 0 Å². The van der Waals surface area contributed by atoms with Crippen molar-refractivity contribution in [3.05, 3.63) is 58.2 Å². The van der Waals surface area contributed by atoms with Crippen molar-refractivity contribution in [1.82, 2.24) is 10.3 Å². The van der Waals surface area contributed by atoms with Gasteiger partial charge in [0.05, 0.1) is 14.2 Å². The van der Waals surface area contributed by atoms with E-state index in [9.17, 15) is 5.11 Å². The van der Waals surface area contributed by atoms with E-state index in [0.29, 0.717) is 18.6 Å². The molecule has 0 saturated carbocycles. The van der Waals surface area contributed by atoms with Crippen LogP contribution in [0.15, 0.2) is 47.1 Å². The highest BCUT2D eigenvalue weighted by atomic mass is 79.9. The predicted molar refractivity (Wildman–Crippen MR) is 101 cm³/mol. The SMILES string of the molecule is COc1ccc(CNCc2cc(Br)c3cccnc3c2O)c(OC)c1. The smallest absolute Gasteiger partial charge is 0.146 e. The number of nitrogens with zero attached hydrogens (tertiary/aromatic N) is 1. The number of methoxy groups -OCH3 is 2. The number of aromatic hydroxyl groups is 1. The van der Waals surface area contributed by atoms with E-state index in [1.807, 2.05) is 36.4 Å². The molecule has 0 aliphatic rings. The number of rotatable bonds is 6. The van der Waals surface area contributed by atoms with E-state index < -0.39 is 0 Å². The maximum Gasteiger partial charge on any atom is 0.146 e. The van der Waals surface area contributed by atoms with Crippen molar-refractivity contribution in [2.24, 2.45) is 0 Å². The van der Waals surface area contributed by atoms with Gasteiger partial charge in [-0.05, 0) is 18.2 Å². The van der Waals surface area contributed by atoms with E-state index >= 15 is 0 Å². The third-order valence-electron chi connectivity index (χ3n) is 4.02. The molecule has 1 heterocycles. The molecule has 3 aromatic rings. The third-order valence-corrected chi connectivity index (χ3v) is 4.68. The van der Waals surface area contributed by atoms with Gasteiger partial charge in [0, 0.05) is 46.3 Å². The van der Waals surface area contributed by atoms with Crippen LogP contribution < -0.4 is 14.8 Å². The summed E-state index contributed by atoms with van der Waals surface area (Å²) in [6.07, 6.45) is 1.67. The Bertz CT molecular complexity index is 899. The average molecular weight is 403 g/mol. The van der Waals surface area contributed by atoms with Crippen molar-refractivity contribution < 1.29 is 14.6 Å². The number of ether oxygens (including phenoxy) is 2. The normalized spacial score (nSPS) is 10.8. The van der Waals surface area contributed by atoms with Crippen LogP contribution in [0, 0.1) is 0 Å². The Labute approximate surface area is 154 Å². The van der Waals surface area contributed by atoms with E-state index in [1.54, 1.807) is 20.4 Å². The zero-order valence-corrected chi connectivity index (χ0v) is 15.6. The summed E-state index contributed by atoms with van der Waals surface area (Å²) < 4.78 is 11.5. The number of aromatic nitrogens is 1. The van der Waals surface area contributed by atoms with Gasteiger partial charge in [-0.1, -0.05) is 28.1 Å². The summed E-state index contributed by atoms with van der Waals surface area (Å²) in [5.41, 5.74) is 2.39. The summed E-state index contributed by atoms with van der Waals surface area (Å²) in [5, 5.41) is 14.7. The number of halogens is 1. The highest BCUT2D eigenvalue weighted by molar-refractivity contribution is 9.10. The molecule has 2 N–H and O–H groups in total. The number of benzene rings is 2. The number of phenolic OH excluding ortho intramolecular Hbond substituents is 1. The lowest BCUT2D eigenvalue weighted by molar-refractivity contribution is 0.389. The van der Waals surface area contributed by atoms with Gasteiger partial charge in [0.2, 0.25) is 0 Å². The minimum absolute atomic E-state index is 0.202. The number of hydrogen-bond acceptors (Lipinski definition) is 5. The molecule has 6 heteroatoms. The maximum absolute atomic E-state index is 10.5. The Balaban J connectivity index is 1.77. The lowest BCUT2D eigenvalue weighted by Gasteiger charge is -2.13. The predicted octanol–water partition coefficient (Wildman–Crippen LogP) is 4.01. The van der Waals surface area contributed by atoms with Gasteiger partial charge in [0.1, 0.15) is 22.8 Å². The Hall–Kier alpha value is -2.31. The van der Waals surface area contributed by atoms with Crippen molar-refractivity contribution in [1.29, 1.82) is 0 Å². The zero-order chi connectivity index (χ0) is 17.8. The van der Waals surface area contributed by atoms with Crippen LogP contribution in [-0.4, -0.2) is 24.3 Å². The summed E-state index contributed by atoms with van der Waals surface area (Å²) in [5.74, 6) is 1.72. The number of pyridine rings is 1.